The number of thioether (sulfide) groups is 1. The Morgan fingerprint density at radius 2 is 2.12 bits per heavy atom. The number of primary amides is 1. The van der Waals surface area contributed by atoms with E-state index in [9.17, 15) is 9.59 Å². The number of benzene rings is 1. The molecule has 0 fully saturated rings. The van der Waals surface area contributed by atoms with Crippen LogP contribution in [0, 0.1) is 0 Å². The van der Waals surface area contributed by atoms with Crippen LogP contribution in [0.5, 0.6) is 0 Å². The molecule has 4 rings (SSSR count). The first-order chi connectivity index (χ1) is 15.8. The van der Waals surface area contributed by atoms with Gasteiger partial charge in [-0.3, -0.25) is 9.59 Å². The molecule has 1 aromatic rings. The van der Waals surface area contributed by atoms with E-state index < -0.39 is 5.91 Å². The van der Waals surface area contributed by atoms with Crippen molar-refractivity contribution in [2.45, 2.75) is 39.5 Å². The highest BCUT2D eigenvalue weighted by Crippen LogP contribution is 2.37. The third kappa shape index (κ3) is 6.52. The van der Waals surface area contributed by atoms with E-state index in [1.165, 1.54) is 44.4 Å². The summed E-state index contributed by atoms with van der Waals surface area (Å²) in [6, 6.07) is 5.79. The van der Waals surface area contributed by atoms with Crippen molar-refractivity contribution >= 4 is 51.4 Å². The Hall–Kier alpha value is -2.98. The third-order valence-corrected chi connectivity index (χ3v) is 6.10. The normalized spacial score (nSPS) is 16.5. The second-order valence-electron chi connectivity index (χ2n) is 8.18. The van der Waals surface area contributed by atoms with Crippen molar-refractivity contribution < 1.29 is 12.4 Å². The number of nitrogens with two attached hydrogens (primary N) is 1. The molecule has 33 heavy (non-hydrogen) atoms. The van der Waals surface area contributed by atoms with Crippen LogP contribution in [0.3, 0.4) is 0 Å². The topological polar surface area (TPSA) is 116 Å². The number of carbonyl (C=O) groups is 2. The van der Waals surface area contributed by atoms with Crippen LogP contribution in [-0.4, -0.2) is 60.3 Å². The van der Waals surface area contributed by atoms with Crippen LogP contribution in [0.15, 0.2) is 44.7 Å². The number of aliphatic imine (C=N–C) groups is 3. The van der Waals surface area contributed by atoms with Gasteiger partial charge in [-0.25, -0.2) is 15.0 Å². The Bertz CT molecular complexity index is 1050. The molecule has 9 nitrogen and oxygen atoms in total. The molecule has 0 spiro atoms. The monoisotopic (exact) mass is 473 g/mol. The van der Waals surface area contributed by atoms with Gasteiger partial charge in [0.2, 0.25) is 5.91 Å². The number of nitrogens with one attached hydrogen (secondary N) is 1. The molecule has 0 aromatic heterocycles. The Morgan fingerprint density at radius 3 is 2.76 bits per heavy atom. The van der Waals surface area contributed by atoms with Gasteiger partial charge in [-0.15, -0.1) is 0 Å². The number of nitrogens with zero attached hydrogens (tertiary/aromatic N) is 5. The molecule has 3 aliphatic rings. The zero-order chi connectivity index (χ0) is 24.0. The van der Waals surface area contributed by atoms with E-state index >= 15 is 0 Å². The van der Waals surface area contributed by atoms with Gasteiger partial charge < -0.3 is 20.9 Å². The molecule has 1 aromatic carbocycles. The molecular formula is C23H35N7O2S. The van der Waals surface area contributed by atoms with Crippen molar-refractivity contribution in [1.82, 2.24) is 4.90 Å². The van der Waals surface area contributed by atoms with Crippen LogP contribution in [0.4, 0.5) is 11.4 Å². The largest absolute Gasteiger partial charge is 0.364 e. The summed E-state index contributed by atoms with van der Waals surface area (Å²) in [7, 11) is 4.21. The quantitative estimate of drug-likeness (QED) is 0.656. The molecular weight excluding hydrogens is 438 g/mol. The average Bonchev–Trinajstić information content (AvgIpc) is 3.11. The summed E-state index contributed by atoms with van der Waals surface area (Å²) in [5.41, 5.74) is 8.98. The second kappa shape index (κ2) is 11.2. The number of hydrogen-bond donors (Lipinski definition) is 2. The summed E-state index contributed by atoms with van der Waals surface area (Å²) >= 11 is 1.19. The van der Waals surface area contributed by atoms with Crippen molar-refractivity contribution in [1.29, 1.82) is 0 Å². The predicted molar refractivity (Wildman–Crippen MR) is 141 cm³/mol. The number of rotatable bonds is 6. The van der Waals surface area contributed by atoms with E-state index in [0.717, 1.165) is 34.9 Å². The molecule has 3 N–H and O–H groups in total. The van der Waals surface area contributed by atoms with Crippen LogP contribution in [0.25, 0.3) is 0 Å². The molecule has 0 unspecified atom stereocenters. The summed E-state index contributed by atoms with van der Waals surface area (Å²) in [6.45, 7) is 5.66. The predicted octanol–water partition coefficient (Wildman–Crippen LogP) is 3.48. The lowest BCUT2D eigenvalue weighted by atomic mass is 10.1. The minimum absolute atomic E-state index is 0. The molecule has 3 aliphatic heterocycles. The van der Waals surface area contributed by atoms with Crippen LogP contribution < -0.4 is 16.0 Å². The molecule has 0 radical (unpaired) electrons. The smallest absolute Gasteiger partial charge is 0.274 e. The van der Waals surface area contributed by atoms with E-state index in [1.54, 1.807) is 0 Å². The minimum atomic E-state index is -0.567. The van der Waals surface area contributed by atoms with Gasteiger partial charge in [0, 0.05) is 34.1 Å². The fraction of sp³-hybridized carbons (Fsp3) is 0.435. The Morgan fingerprint density at radius 1 is 1.33 bits per heavy atom. The lowest BCUT2D eigenvalue weighted by molar-refractivity contribution is -0.114. The molecule has 0 atom stereocenters. The maximum atomic E-state index is 11.6. The van der Waals surface area contributed by atoms with Gasteiger partial charge in [-0.05, 0) is 69.0 Å². The van der Waals surface area contributed by atoms with E-state index in [-0.39, 0.29) is 13.8 Å². The third-order valence-electron chi connectivity index (χ3n) is 5.13. The first-order valence-corrected chi connectivity index (χ1v) is 11.8. The van der Waals surface area contributed by atoms with Crippen LogP contribution in [0.2, 0.25) is 0 Å². The molecule has 0 aliphatic carbocycles. The Balaban J connectivity index is 0.000000601. The summed E-state index contributed by atoms with van der Waals surface area (Å²) in [6.07, 6.45) is 5.47. The van der Waals surface area contributed by atoms with Gasteiger partial charge in [-0.2, -0.15) is 0 Å². The van der Waals surface area contributed by atoms with Gasteiger partial charge in [-0.1, -0.05) is 13.3 Å². The fourth-order valence-corrected chi connectivity index (χ4v) is 4.40. The van der Waals surface area contributed by atoms with Gasteiger partial charge in [0.15, 0.2) is 10.9 Å². The lowest BCUT2D eigenvalue weighted by Gasteiger charge is -2.22. The zero-order valence-corrected chi connectivity index (χ0v) is 20.4. The number of allylic oxidation sites excluding steroid dienone is 1. The number of hydrogen-bond acceptors (Lipinski definition) is 8. The maximum Gasteiger partial charge on any atom is 0.274 e. The highest BCUT2D eigenvalue weighted by atomic mass is 32.2. The molecule has 180 valence electrons. The molecule has 2 amide bonds. The number of fused-ring (bicyclic) bond motifs is 3. The van der Waals surface area contributed by atoms with Gasteiger partial charge in [0.05, 0.1) is 10.7 Å². The van der Waals surface area contributed by atoms with Gasteiger partial charge in [0.1, 0.15) is 6.34 Å². The zero-order valence-electron chi connectivity index (χ0n) is 19.6. The second-order valence-corrected chi connectivity index (χ2v) is 9.24. The number of carbonyl (C=O) groups excluding carboxylic acids is 2. The van der Waals surface area contributed by atoms with Crippen LogP contribution >= 0.6 is 11.8 Å². The average molecular weight is 474 g/mol. The SMILES string of the molecule is CC(=O)Nc1ccc2c(c1)CCN2C1=C2CC(=NC=N1)SC(C(N)=O)=N2.CCCCN(C)C.[HH].[HH]. The van der Waals surface area contributed by atoms with Crippen molar-refractivity contribution in [3.8, 4) is 0 Å². The lowest BCUT2D eigenvalue weighted by Crippen LogP contribution is -2.26. The number of anilines is 2. The first kappa shape index (κ1) is 24.7. The summed E-state index contributed by atoms with van der Waals surface area (Å²) in [5.74, 6) is 0.00699. The molecule has 0 saturated carbocycles. The fourth-order valence-electron chi connectivity index (χ4n) is 3.61. The first-order valence-electron chi connectivity index (χ1n) is 11.0. The van der Waals surface area contributed by atoms with Crippen LogP contribution in [-0.2, 0) is 16.0 Å². The van der Waals surface area contributed by atoms with Gasteiger partial charge >= 0.3 is 0 Å². The standard InChI is InChI=1S/C17H16N6O2S.C6H15N.2H2/c1-9(24)21-11-2-3-13-10(6-11)4-5-23(13)16-12-7-14(19-8-20-16)26-17(22-12)15(18)25;1-4-5-6-7(2)3;;/h2-3,6,8H,4-5,7H2,1H3,(H2,18,25)(H,21,24);4-6H2,1-3H3;2*1H. The molecule has 10 heteroatoms. The number of unbranched alkanes of at least 4 members (excludes halogenated alkanes) is 1. The van der Waals surface area contributed by atoms with E-state index in [4.69, 9.17) is 5.73 Å². The van der Waals surface area contributed by atoms with Crippen LogP contribution in [0.1, 0.15) is 41.5 Å². The Labute approximate surface area is 201 Å². The van der Waals surface area contributed by atoms with Gasteiger partial charge in [0.25, 0.3) is 5.91 Å². The van der Waals surface area contributed by atoms with E-state index in [1.807, 2.05) is 18.2 Å². The highest BCUT2D eigenvalue weighted by molar-refractivity contribution is 8.28. The summed E-state index contributed by atoms with van der Waals surface area (Å²) in [5, 5.41) is 3.78. The summed E-state index contributed by atoms with van der Waals surface area (Å²) in [4.78, 5) is 40.2. The van der Waals surface area contributed by atoms with E-state index in [2.05, 4.69) is 51.1 Å². The molecule has 3 heterocycles. The van der Waals surface area contributed by atoms with Crippen molar-refractivity contribution in [3.05, 3.63) is 35.3 Å². The number of amides is 2. The maximum absolute atomic E-state index is 11.6. The van der Waals surface area contributed by atoms with Crippen molar-refractivity contribution in [2.24, 2.45) is 20.7 Å². The minimum Gasteiger partial charge on any atom is -0.364 e. The Kier molecular flexibility index (Phi) is 8.40. The summed E-state index contributed by atoms with van der Waals surface area (Å²) < 4.78 is 0. The molecule has 0 saturated heterocycles. The molecule has 2 bridgehead atoms. The highest BCUT2D eigenvalue weighted by Gasteiger charge is 2.29. The van der Waals surface area contributed by atoms with E-state index in [0.29, 0.717) is 17.9 Å². The van der Waals surface area contributed by atoms with Crippen molar-refractivity contribution in [2.75, 3.05) is 37.4 Å². The van der Waals surface area contributed by atoms with Crippen molar-refractivity contribution in [3.63, 3.8) is 0 Å².